The van der Waals surface area contributed by atoms with E-state index < -0.39 is 12.1 Å². The molecule has 3 atom stereocenters. The number of nitrogens with two attached hydrogens (primary N) is 1. The normalized spacial score (nSPS) is 18.9. The summed E-state index contributed by atoms with van der Waals surface area (Å²) in [6.45, 7) is 0.614. The minimum Gasteiger partial charge on any atom is -0.339 e. The first kappa shape index (κ1) is 27.6. The Hall–Kier alpha value is -3.95. The third-order valence-electron chi connectivity index (χ3n) is 7.41. The molecule has 0 radical (unpaired) electrons. The molecule has 8 nitrogen and oxygen atoms in total. The van der Waals surface area contributed by atoms with E-state index >= 15 is 0 Å². The van der Waals surface area contributed by atoms with Crippen molar-refractivity contribution in [1.29, 1.82) is 0 Å². The van der Waals surface area contributed by atoms with E-state index in [1.807, 2.05) is 42.5 Å². The van der Waals surface area contributed by atoms with Crippen molar-refractivity contribution in [2.75, 3.05) is 18.8 Å². The van der Waals surface area contributed by atoms with Gasteiger partial charge in [0.05, 0.1) is 12.6 Å². The molecular formula is C31H32N4O4S. The van der Waals surface area contributed by atoms with E-state index in [1.165, 1.54) is 0 Å². The molecule has 3 aromatic rings. The van der Waals surface area contributed by atoms with Crippen LogP contribution in [0.3, 0.4) is 0 Å². The topological polar surface area (TPSA) is 113 Å². The summed E-state index contributed by atoms with van der Waals surface area (Å²) in [7, 11) is 0. The number of nitrogens with zero attached hydrogens (tertiary/aromatic N) is 2. The maximum absolute atomic E-state index is 13.9. The summed E-state index contributed by atoms with van der Waals surface area (Å²) in [4.78, 5) is 56.6. The van der Waals surface area contributed by atoms with E-state index in [0.29, 0.717) is 42.1 Å². The lowest BCUT2D eigenvalue weighted by atomic mass is 10.1. The molecule has 2 aliphatic rings. The van der Waals surface area contributed by atoms with Gasteiger partial charge in [-0.25, -0.2) is 0 Å². The summed E-state index contributed by atoms with van der Waals surface area (Å²) in [6.07, 6.45) is 0.511. The molecule has 0 spiro atoms. The molecule has 0 aromatic heterocycles. The predicted octanol–water partition coefficient (Wildman–Crippen LogP) is 2.87. The smallest absolute Gasteiger partial charge is 0.254 e. The molecule has 0 aliphatic carbocycles. The van der Waals surface area contributed by atoms with Crippen molar-refractivity contribution in [1.82, 2.24) is 15.1 Å². The Bertz CT molecular complexity index is 1380. The largest absolute Gasteiger partial charge is 0.339 e. The van der Waals surface area contributed by atoms with Gasteiger partial charge in [0.1, 0.15) is 12.1 Å². The molecule has 3 unspecified atom stereocenters. The minimum atomic E-state index is -0.840. The van der Waals surface area contributed by atoms with Gasteiger partial charge < -0.3 is 20.9 Å². The zero-order valence-electron chi connectivity index (χ0n) is 22.1. The van der Waals surface area contributed by atoms with Crippen LogP contribution in [-0.2, 0) is 21.9 Å². The van der Waals surface area contributed by atoms with Crippen LogP contribution in [0.5, 0.6) is 0 Å². The minimum absolute atomic E-state index is 0.0293. The number of ketones is 1. The highest BCUT2D eigenvalue weighted by molar-refractivity contribution is 7.98. The highest BCUT2D eigenvalue weighted by Crippen LogP contribution is 2.31. The third-order valence-corrected chi connectivity index (χ3v) is 8.52. The summed E-state index contributed by atoms with van der Waals surface area (Å²) >= 11 is 1.54. The van der Waals surface area contributed by atoms with Crippen molar-refractivity contribution in [3.63, 3.8) is 0 Å². The molecule has 9 heteroatoms. The Morgan fingerprint density at radius 3 is 2.30 bits per heavy atom. The Balaban J connectivity index is 1.33. The maximum atomic E-state index is 13.9. The van der Waals surface area contributed by atoms with Crippen LogP contribution in [-0.4, -0.2) is 70.3 Å². The molecule has 3 aromatic carbocycles. The van der Waals surface area contributed by atoms with E-state index in [9.17, 15) is 19.2 Å². The van der Waals surface area contributed by atoms with Gasteiger partial charge in [0.25, 0.3) is 11.8 Å². The molecule has 5 rings (SSSR count). The number of rotatable bonds is 9. The Kier molecular flexibility index (Phi) is 8.62. The summed E-state index contributed by atoms with van der Waals surface area (Å²) in [5.74, 6) is -0.0307. The van der Waals surface area contributed by atoms with Crippen LogP contribution < -0.4 is 11.1 Å². The van der Waals surface area contributed by atoms with E-state index in [-0.39, 0.29) is 36.1 Å². The van der Waals surface area contributed by atoms with Crippen LogP contribution in [0, 0.1) is 0 Å². The van der Waals surface area contributed by atoms with Gasteiger partial charge in [-0.2, -0.15) is 11.8 Å². The molecule has 3 N–H and O–H groups in total. The van der Waals surface area contributed by atoms with Gasteiger partial charge in [-0.15, -0.1) is 0 Å². The molecule has 206 valence electrons. The summed E-state index contributed by atoms with van der Waals surface area (Å²) in [5.41, 5.74) is 8.62. The van der Waals surface area contributed by atoms with E-state index in [0.717, 1.165) is 11.1 Å². The summed E-state index contributed by atoms with van der Waals surface area (Å²) in [6, 6.07) is 23.9. The Morgan fingerprint density at radius 2 is 1.57 bits per heavy atom. The molecule has 2 heterocycles. The van der Waals surface area contributed by atoms with Gasteiger partial charge in [0.15, 0.2) is 5.78 Å². The Morgan fingerprint density at radius 1 is 0.900 bits per heavy atom. The first-order chi connectivity index (χ1) is 19.5. The predicted molar refractivity (Wildman–Crippen MR) is 155 cm³/mol. The monoisotopic (exact) mass is 556 g/mol. The van der Waals surface area contributed by atoms with Gasteiger partial charge in [-0.05, 0) is 41.8 Å². The summed E-state index contributed by atoms with van der Waals surface area (Å²) in [5, 5.41) is 2.92. The lowest BCUT2D eigenvalue weighted by molar-refractivity contribution is -0.137. The molecule has 2 fully saturated rings. The van der Waals surface area contributed by atoms with Crippen LogP contribution in [0.4, 0.5) is 0 Å². The number of carbonyl (C=O) groups is 4. The van der Waals surface area contributed by atoms with E-state index in [4.69, 9.17) is 5.73 Å². The standard InChI is InChI=1S/C31H32N4O4S/c32-17-22-10-7-13-24(16-22)29(37)33-25(20-40-19-21-8-3-1-4-9-21)31(39)34-15-14-26-28(34)27(36)18-35(26)30(38)23-11-5-2-6-12-23/h1-13,16,25-26,28H,14-15,17-20,32H2,(H,33,37). The highest BCUT2D eigenvalue weighted by Gasteiger charge is 2.52. The zero-order chi connectivity index (χ0) is 28.1. The van der Waals surface area contributed by atoms with Crippen LogP contribution in [0.2, 0.25) is 0 Å². The molecule has 0 bridgehead atoms. The maximum Gasteiger partial charge on any atom is 0.254 e. The fraction of sp³-hybridized carbons (Fsp3) is 0.290. The van der Waals surface area contributed by atoms with E-state index in [2.05, 4.69) is 5.32 Å². The van der Waals surface area contributed by atoms with Gasteiger partial charge in [0.2, 0.25) is 5.91 Å². The SMILES string of the molecule is NCc1cccc(C(=O)NC(CSCc2ccccc2)C(=O)N2CCC3C2C(=O)CN3C(=O)c2ccccc2)c1. The number of amides is 3. The van der Waals surface area contributed by atoms with Crippen molar-refractivity contribution in [2.24, 2.45) is 5.73 Å². The quantitative estimate of drug-likeness (QED) is 0.419. The second-order valence-corrected chi connectivity index (χ2v) is 11.1. The zero-order valence-corrected chi connectivity index (χ0v) is 22.9. The average molecular weight is 557 g/mol. The van der Waals surface area contributed by atoms with Crippen LogP contribution >= 0.6 is 11.8 Å². The van der Waals surface area contributed by atoms with Gasteiger partial charge in [-0.3, -0.25) is 19.2 Å². The van der Waals surface area contributed by atoms with Gasteiger partial charge in [0, 0.05) is 35.7 Å². The fourth-order valence-electron chi connectivity index (χ4n) is 5.41. The van der Waals surface area contributed by atoms with E-state index in [1.54, 1.807) is 64.0 Å². The van der Waals surface area contributed by atoms with Crippen molar-refractivity contribution in [3.8, 4) is 0 Å². The molecule has 3 amide bonds. The molecular weight excluding hydrogens is 524 g/mol. The van der Waals surface area contributed by atoms with Crippen molar-refractivity contribution >= 4 is 35.3 Å². The third kappa shape index (κ3) is 5.95. The fourth-order valence-corrected chi connectivity index (χ4v) is 6.42. The number of hydrogen-bond donors (Lipinski definition) is 2. The van der Waals surface area contributed by atoms with Crippen LogP contribution in [0.1, 0.15) is 38.3 Å². The number of nitrogens with one attached hydrogen (secondary N) is 1. The first-order valence-corrected chi connectivity index (χ1v) is 14.5. The number of fused-ring (bicyclic) bond motifs is 1. The lowest BCUT2D eigenvalue weighted by Gasteiger charge is -2.28. The van der Waals surface area contributed by atoms with Crippen molar-refractivity contribution in [2.45, 2.75) is 36.8 Å². The van der Waals surface area contributed by atoms with Gasteiger partial charge in [-0.1, -0.05) is 60.7 Å². The molecule has 40 heavy (non-hydrogen) atoms. The number of carbonyl (C=O) groups excluding carboxylic acids is 4. The molecule has 0 saturated carbocycles. The number of benzene rings is 3. The average Bonchev–Trinajstić information content (AvgIpc) is 3.58. The number of thioether (sulfide) groups is 1. The lowest BCUT2D eigenvalue weighted by Crippen LogP contribution is -2.53. The van der Waals surface area contributed by atoms with Crippen LogP contribution in [0.25, 0.3) is 0 Å². The molecule has 2 saturated heterocycles. The van der Waals surface area contributed by atoms with Crippen molar-refractivity contribution in [3.05, 3.63) is 107 Å². The second kappa shape index (κ2) is 12.5. The van der Waals surface area contributed by atoms with Crippen LogP contribution in [0.15, 0.2) is 84.9 Å². The Labute approximate surface area is 237 Å². The first-order valence-electron chi connectivity index (χ1n) is 13.4. The second-order valence-electron chi connectivity index (χ2n) is 10.0. The number of likely N-dealkylation sites (tertiary alicyclic amines) is 2. The van der Waals surface area contributed by atoms with Gasteiger partial charge >= 0.3 is 0 Å². The molecule has 2 aliphatic heterocycles. The number of hydrogen-bond acceptors (Lipinski definition) is 6. The number of Topliss-reactive ketones (excluding diaryl/α,β-unsaturated/α-hetero) is 1. The summed E-state index contributed by atoms with van der Waals surface area (Å²) < 4.78 is 0. The van der Waals surface area contributed by atoms with Crippen molar-refractivity contribution < 1.29 is 19.2 Å². The highest BCUT2D eigenvalue weighted by atomic mass is 32.2.